The second-order valence-electron chi connectivity index (χ2n) is 6.99. The Bertz CT molecular complexity index is 1120. The van der Waals surface area contributed by atoms with Crippen molar-refractivity contribution < 1.29 is 9.47 Å². The second kappa shape index (κ2) is 7.81. The summed E-state index contributed by atoms with van der Waals surface area (Å²) in [4.78, 5) is 9.44. The molecule has 1 aliphatic rings. The summed E-state index contributed by atoms with van der Waals surface area (Å²) in [6.07, 6.45) is 3.80. The molecule has 7 nitrogen and oxygen atoms in total. The fourth-order valence-electron chi connectivity index (χ4n) is 3.44. The first-order valence-corrected chi connectivity index (χ1v) is 10.4. The van der Waals surface area contributed by atoms with Gasteiger partial charge in [-0.05, 0) is 42.7 Å². The van der Waals surface area contributed by atoms with Crippen LogP contribution in [0.25, 0.3) is 16.7 Å². The summed E-state index contributed by atoms with van der Waals surface area (Å²) in [6.45, 7) is 3.39. The number of fused-ring (bicyclic) bond motifs is 1. The zero-order valence-electron chi connectivity index (χ0n) is 16.0. The highest BCUT2D eigenvalue weighted by atomic mass is 32.1. The Morgan fingerprint density at radius 1 is 1.14 bits per heavy atom. The molecule has 3 aromatic heterocycles. The van der Waals surface area contributed by atoms with Crippen molar-refractivity contribution >= 4 is 33.5 Å². The lowest BCUT2D eigenvalue weighted by Gasteiger charge is -2.23. The average molecular weight is 407 g/mol. The van der Waals surface area contributed by atoms with E-state index in [9.17, 15) is 0 Å². The molecule has 4 aromatic rings. The number of nitrogens with one attached hydrogen (secondary N) is 1. The van der Waals surface area contributed by atoms with E-state index in [1.54, 1.807) is 0 Å². The van der Waals surface area contributed by atoms with Gasteiger partial charge in [0.2, 0.25) is 11.8 Å². The number of hydrogen-bond acceptors (Lipinski definition) is 7. The molecule has 0 bridgehead atoms. The van der Waals surface area contributed by atoms with Gasteiger partial charge in [0, 0.05) is 24.7 Å². The van der Waals surface area contributed by atoms with Crippen LogP contribution in [0.5, 0.6) is 5.88 Å². The predicted octanol–water partition coefficient (Wildman–Crippen LogP) is 4.49. The number of aromatic nitrogens is 4. The lowest BCUT2D eigenvalue weighted by atomic mass is 10.1. The van der Waals surface area contributed by atoms with Crippen molar-refractivity contribution in [3.63, 3.8) is 0 Å². The number of para-hydroxylation sites is 1. The van der Waals surface area contributed by atoms with E-state index in [2.05, 4.69) is 26.4 Å². The van der Waals surface area contributed by atoms with E-state index in [4.69, 9.17) is 19.4 Å². The fraction of sp³-hybridized carbons (Fsp3) is 0.286. The van der Waals surface area contributed by atoms with Crippen LogP contribution in [0.15, 0.2) is 48.7 Å². The van der Waals surface area contributed by atoms with Gasteiger partial charge in [-0.3, -0.25) is 0 Å². The molecule has 1 aliphatic heterocycles. The minimum Gasteiger partial charge on any atom is -0.473 e. The minimum absolute atomic E-state index is 0.0828. The van der Waals surface area contributed by atoms with Crippen molar-refractivity contribution in [3.8, 4) is 11.6 Å². The number of hydrogen-bond donors (Lipinski definition) is 1. The third-order valence-electron chi connectivity index (χ3n) is 4.85. The highest BCUT2D eigenvalue weighted by Gasteiger charge is 2.21. The van der Waals surface area contributed by atoms with Crippen LogP contribution in [0, 0.1) is 6.92 Å². The smallest absolute Gasteiger partial charge is 0.244 e. The Hall–Kier alpha value is -2.97. The maximum absolute atomic E-state index is 6.37. The van der Waals surface area contributed by atoms with Crippen LogP contribution in [-0.2, 0) is 4.74 Å². The molecule has 1 fully saturated rings. The van der Waals surface area contributed by atoms with Gasteiger partial charge < -0.3 is 19.4 Å². The molecule has 0 atom stereocenters. The molecule has 1 N–H and O–H groups in total. The monoisotopic (exact) mass is 407 g/mol. The van der Waals surface area contributed by atoms with Gasteiger partial charge in [-0.15, -0.1) is 0 Å². The molecular formula is C21H21N5O2S. The van der Waals surface area contributed by atoms with E-state index in [0.717, 1.165) is 40.3 Å². The lowest BCUT2D eigenvalue weighted by Crippen LogP contribution is -2.26. The summed E-state index contributed by atoms with van der Waals surface area (Å²) in [7, 11) is 0. The number of anilines is 2. The Labute approximate surface area is 172 Å². The van der Waals surface area contributed by atoms with Crippen LogP contribution in [0.2, 0.25) is 0 Å². The predicted molar refractivity (Wildman–Crippen MR) is 113 cm³/mol. The lowest BCUT2D eigenvalue weighted by molar-refractivity contribution is 0.0243. The molecule has 5 rings (SSSR count). The molecule has 0 amide bonds. The van der Waals surface area contributed by atoms with Crippen LogP contribution in [0.1, 0.15) is 18.5 Å². The maximum Gasteiger partial charge on any atom is 0.244 e. The number of nitrogens with zero attached hydrogens (tertiary/aromatic N) is 4. The van der Waals surface area contributed by atoms with Gasteiger partial charge in [0.25, 0.3) is 0 Å². The first kappa shape index (κ1) is 18.1. The summed E-state index contributed by atoms with van der Waals surface area (Å²) in [6, 6.07) is 14.1. The van der Waals surface area contributed by atoms with E-state index in [1.165, 1.54) is 11.5 Å². The molecule has 4 heterocycles. The van der Waals surface area contributed by atoms with Crippen molar-refractivity contribution in [3.05, 3.63) is 54.4 Å². The third kappa shape index (κ3) is 3.81. The summed E-state index contributed by atoms with van der Waals surface area (Å²) < 4.78 is 18.2. The molecule has 0 saturated carbocycles. The standard InChI is InChI=1S/C21H21N5O2S/c1-14-13-18(29-25-14)23-21-22-17-7-10-26(15-5-3-2-4-6-15)19(17)20(24-21)28-16-8-11-27-12-9-16/h2-7,10,13,16H,8-9,11-12H2,1H3,(H,22,23,24). The molecule has 1 saturated heterocycles. The highest BCUT2D eigenvalue weighted by molar-refractivity contribution is 7.10. The van der Waals surface area contributed by atoms with Gasteiger partial charge in [0.05, 0.1) is 24.4 Å². The summed E-state index contributed by atoms with van der Waals surface area (Å²) >= 11 is 1.39. The quantitative estimate of drug-likeness (QED) is 0.526. The second-order valence-corrected chi connectivity index (χ2v) is 7.80. The van der Waals surface area contributed by atoms with E-state index >= 15 is 0 Å². The minimum atomic E-state index is 0.0828. The summed E-state index contributed by atoms with van der Waals surface area (Å²) in [5, 5.41) is 4.17. The Balaban J connectivity index is 1.58. The molecule has 8 heteroatoms. The Kier molecular flexibility index (Phi) is 4.87. The van der Waals surface area contributed by atoms with Crippen LogP contribution in [-0.4, -0.2) is 38.2 Å². The van der Waals surface area contributed by atoms with E-state index in [-0.39, 0.29) is 6.10 Å². The number of benzene rings is 1. The maximum atomic E-state index is 6.37. The van der Waals surface area contributed by atoms with Crippen molar-refractivity contribution in [1.29, 1.82) is 0 Å². The van der Waals surface area contributed by atoms with E-state index in [1.807, 2.05) is 43.5 Å². The fourth-order valence-corrected chi connectivity index (χ4v) is 4.09. The molecule has 0 spiro atoms. The molecule has 29 heavy (non-hydrogen) atoms. The van der Waals surface area contributed by atoms with Crippen LogP contribution in [0.4, 0.5) is 10.9 Å². The van der Waals surface area contributed by atoms with Gasteiger partial charge in [-0.2, -0.15) is 9.36 Å². The van der Waals surface area contributed by atoms with Gasteiger partial charge in [-0.25, -0.2) is 4.98 Å². The van der Waals surface area contributed by atoms with Crippen LogP contribution < -0.4 is 10.1 Å². The summed E-state index contributed by atoms with van der Waals surface area (Å²) in [5.41, 5.74) is 3.71. The van der Waals surface area contributed by atoms with Crippen LogP contribution in [0.3, 0.4) is 0 Å². The van der Waals surface area contributed by atoms with Gasteiger partial charge in [-0.1, -0.05) is 18.2 Å². The molecule has 0 aliphatic carbocycles. The normalized spacial score (nSPS) is 14.9. The zero-order chi connectivity index (χ0) is 19.6. The van der Waals surface area contributed by atoms with Crippen molar-refractivity contribution in [2.75, 3.05) is 18.5 Å². The molecule has 148 valence electrons. The number of ether oxygens (including phenoxy) is 2. The molecule has 0 unspecified atom stereocenters. The largest absolute Gasteiger partial charge is 0.473 e. The van der Waals surface area contributed by atoms with Gasteiger partial charge in [0.15, 0.2) is 0 Å². The zero-order valence-corrected chi connectivity index (χ0v) is 16.9. The number of rotatable bonds is 5. The Morgan fingerprint density at radius 3 is 2.72 bits per heavy atom. The molecule has 1 aromatic carbocycles. The average Bonchev–Trinajstić information content (AvgIpc) is 3.36. The van der Waals surface area contributed by atoms with Gasteiger partial charge >= 0.3 is 0 Å². The first-order valence-electron chi connectivity index (χ1n) is 9.65. The van der Waals surface area contributed by atoms with Gasteiger partial charge in [0.1, 0.15) is 16.6 Å². The van der Waals surface area contributed by atoms with E-state index < -0.39 is 0 Å². The topological polar surface area (TPSA) is 74.1 Å². The highest BCUT2D eigenvalue weighted by Crippen LogP contribution is 2.31. The van der Waals surface area contributed by atoms with E-state index in [0.29, 0.717) is 25.0 Å². The van der Waals surface area contributed by atoms with Crippen molar-refractivity contribution in [2.45, 2.75) is 25.9 Å². The third-order valence-corrected chi connectivity index (χ3v) is 5.64. The first-order chi connectivity index (χ1) is 14.3. The van der Waals surface area contributed by atoms with Crippen LogP contribution >= 0.6 is 11.5 Å². The summed E-state index contributed by atoms with van der Waals surface area (Å²) in [5.74, 6) is 1.09. The molecule has 0 radical (unpaired) electrons. The van der Waals surface area contributed by atoms with Crippen molar-refractivity contribution in [2.24, 2.45) is 0 Å². The molecular weight excluding hydrogens is 386 g/mol. The Morgan fingerprint density at radius 2 is 1.97 bits per heavy atom. The van der Waals surface area contributed by atoms with Crippen molar-refractivity contribution in [1.82, 2.24) is 18.9 Å². The number of aryl methyl sites for hydroxylation is 1. The SMILES string of the molecule is Cc1cc(Nc2nc(OC3CCOCC3)c3c(ccn3-c3ccccc3)n2)sn1.